The molecule has 1 aliphatic carbocycles. The average molecular weight is 289 g/mol. The maximum atomic E-state index is 13.5. The van der Waals surface area contributed by atoms with Crippen LogP contribution < -0.4 is 0 Å². The fourth-order valence-corrected chi connectivity index (χ4v) is 3.15. The maximum Gasteiger partial charge on any atom is 0.126 e. The van der Waals surface area contributed by atoms with Crippen molar-refractivity contribution in [3.8, 4) is 0 Å². The van der Waals surface area contributed by atoms with Gasteiger partial charge in [-0.2, -0.15) is 0 Å². The molecule has 88 valence electrons. The Morgan fingerprint density at radius 2 is 1.94 bits per heavy atom. The van der Waals surface area contributed by atoms with Gasteiger partial charge in [-0.15, -0.1) is 0 Å². The molecule has 1 aromatic carbocycles. The highest BCUT2D eigenvalue weighted by atomic mass is 79.9. The predicted octanol–water partition coefficient (Wildman–Crippen LogP) is 4.46. The summed E-state index contributed by atoms with van der Waals surface area (Å²) in [4.78, 5) is 0.448. The maximum absolute atomic E-state index is 13.5. The van der Waals surface area contributed by atoms with E-state index in [0.717, 1.165) is 12.8 Å². The Balaban J connectivity index is 2.10. The van der Waals surface area contributed by atoms with Crippen molar-refractivity contribution in [2.24, 2.45) is 5.92 Å². The first-order valence-corrected chi connectivity index (χ1v) is 6.66. The third-order valence-electron chi connectivity index (χ3n) is 3.31. The Morgan fingerprint density at radius 3 is 2.69 bits per heavy atom. The van der Waals surface area contributed by atoms with E-state index in [0.29, 0.717) is 22.7 Å². The molecule has 0 bridgehead atoms. The van der Waals surface area contributed by atoms with E-state index in [2.05, 4.69) is 15.9 Å². The molecule has 0 radical (unpaired) electrons. The summed E-state index contributed by atoms with van der Waals surface area (Å²) < 4.78 is 26.5. The molecule has 16 heavy (non-hydrogen) atoms. The van der Waals surface area contributed by atoms with Gasteiger partial charge in [0, 0.05) is 4.83 Å². The van der Waals surface area contributed by atoms with Crippen LogP contribution in [0, 0.1) is 17.6 Å². The molecule has 1 aromatic rings. The van der Waals surface area contributed by atoms with Gasteiger partial charge in [-0.05, 0) is 48.9 Å². The van der Waals surface area contributed by atoms with Gasteiger partial charge in [-0.25, -0.2) is 8.78 Å². The van der Waals surface area contributed by atoms with Crippen LogP contribution in [0.4, 0.5) is 8.78 Å². The minimum atomic E-state index is -0.349. The van der Waals surface area contributed by atoms with Crippen molar-refractivity contribution in [3.05, 3.63) is 35.4 Å². The highest BCUT2D eigenvalue weighted by molar-refractivity contribution is 9.09. The molecule has 1 aliphatic rings. The topological polar surface area (TPSA) is 0 Å². The highest BCUT2D eigenvalue weighted by Gasteiger charge is 2.23. The Bertz CT molecular complexity index is 365. The second-order valence-electron chi connectivity index (χ2n) is 4.50. The minimum absolute atomic E-state index is 0.285. The SMILES string of the molecule is Fc1ccc(F)c(CC2CCCCC2Br)c1. The normalized spacial score (nSPS) is 25.7. The molecule has 0 N–H and O–H groups in total. The quantitative estimate of drug-likeness (QED) is 0.705. The first kappa shape index (κ1) is 12.0. The lowest BCUT2D eigenvalue weighted by atomic mass is 9.84. The molecule has 0 aliphatic heterocycles. The van der Waals surface area contributed by atoms with E-state index in [1.807, 2.05) is 0 Å². The summed E-state index contributed by atoms with van der Waals surface area (Å²) in [5.41, 5.74) is 0.511. The molecular formula is C13H15BrF2. The lowest BCUT2D eigenvalue weighted by Gasteiger charge is -2.27. The van der Waals surface area contributed by atoms with Gasteiger partial charge in [0.05, 0.1) is 0 Å². The number of alkyl halides is 1. The monoisotopic (exact) mass is 288 g/mol. The number of hydrogen-bond donors (Lipinski definition) is 0. The largest absolute Gasteiger partial charge is 0.207 e. The summed E-state index contributed by atoms with van der Waals surface area (Å²) in [7, 11) is 0. The Labute approximate surface area is 103 Å². The van der Waals surface area contributed by atoms with Crippen molar-refractivity contribution in [3.63, 3.8) is 0 Å². The van der Waals surface area contributed by atoms with E-state index in [1.54, 1.807) is 0 Å². The van der Waals surface area contributed by atoms with Crippen molar-refractivity contribution in [2.45, 2.75) is 36.9 Å². The third-order valence-corrected chi connectivity index (χ3v) is 4.51. The molecular weight excluding hydrogens is 274 g/mol. The first-order valence-electron chi connectivity index (χ1n) is 5.75. The average Bonchev–Trinajstić information content (AvgIpc) is 2.27. The number of halogens is 3. The van der Waals surface area contributed by atoms with Crippen LogP contribution in [0.1, 0.15) is 31.2 Å². The van der Waals surface area contributed by atoms with E-state index in [-0.39, 0.29) is 11.6 Å². The smallest absolute Gasteiger partial charge is 0.126 e. The van der Waals surface area contributed by atoms with Crippen molar-refractivity contribution < 1.29 is 8.78 Å². The van der Waals surface area contributed by atoms with E-state index in [4.69, 9.17) is 0 Å². The molecule has 2 rings (SSSR count). The molecule has 0 heterocycles. The minimum Gasteiger partial charge on any atom is -0.207 e. The van der Waals surface area contributed by atoms with Crippen LogP contribution in [0.25, 0.3) is 0 Å². The standard InChI is InChI=1S/C13H15BrF2/c14-12-4-2-1-3-9(12)7-10-8-11(15)5-6-13(10)16/h5-6,8-9,12H,1-4,7H2. The van der Waals surface area contributed by atoms with Crippen molar-refractivity contribution >= 4 is 15.9 Å². The van der Waals surface area contributed by atoms with E-state index in [1.165, 1.54) is 31.0 Å². The third kappa shape index (κ3) is 2.82. The molecule has 0 saturated heterocycles. The van der Waals surface area contributed by atoms with Gasteiger partial charge in [0.1, 0.15) is 11.6 Å². The van der Waals surface area contributed by atoms with Crippen LogP contribution in [0.15, 0.2) is 18.2 Å². The van der Waals surface area contributed by atoms with E-state index in [9.17, 15) is 8.78 Å². The fourth-order valence-electron chi connectivity index (χ4n) is 2.37. The molecule has 3 heteroatoms. The van der Waals surface area contributed by atoms with E-state index >= 15 is 0 Å². The molecule has 1 saturated carbocycles. The van der Waals surface area contributed by atoms with Gasteiger partial charge in [0.15, 0.2) is 0 Å². The van der Waals surface area contributed by atoms with Crippen molar-refractivity contribution in [2.75, 3.05) is 0 Å². The van der Waals surface area contributed by atoms with Crippen LogP contribution in [0.3, 0.4) is 0 Å². The summed E-state index contributed by atoms with van der Waals surface area (Å²) in [5.74, 6) is -0.199. The van der Waals surface area contributed by atoms with Crippen LogP contribution in [0.5, 0.6) is 0 Å². The van der Waals surface area contributed by atoms with Crippen molar-refractivity contribution in [1.82, 2.24) is 0 Å². The summed E-state index contributed by atoms with van der Waals surface area (Å²) in [5, 5.41) is 0. The molecule has 0 spiro atoms. The second kappa shape index (κ2) is 5.26. The Morgan fingerprint density at radius 1 is 1.19 bits per heavy atom. The molecule has 2 atom stereocenters. The lowest BCUT2D eigenvalue weighted by Crippen LogP contribution is -2.21. The summed E-state index contributed by atoms with van der Waals surface area (Å²) in [6, 6.07) is 3.71. The van der Waals surface area contributed by atoms with Gasteiger partial charge in [0.25, 0.3) is 0 Å². The Hall–Kier alpha value is -0.440. The highest BCUT2D eigenvalue weighted by Crippen LogP contribution is 2.32. The van der Waals surface area contributed by atoms with Gasteiger partial charge < -0.3 is 0 Å². The van der Waals surface area contributed by atoms with Crippen LogP contribution in [-0.2, 0) is 6.42 Å². The fraction of sp³-hybridized carbons (Fsp3) is 0.538. The lowest BCUT2D eigenvalue weighted by molar-refractivity contribution is 0.368. The Kier molecular flexibility index (Phi) is 3.95. The van der Waals surface area contributed by atoms with Gasteiger partial charge >= 0.3 is 0 Å². The van der Waals surface area contributed by atoms with Crippen LogP contribution in [-0.4, -0.2) is 4.83 Å². The molecule has 2 unspecified atom stereocenters. The van der Waals surface area contributed by atoms with Gasteiger partial charge in [0.2, 0.25) is 0 Å². The van der Waals surface area contributed by atoms with Crippen LogP contribution >= 0.6 is 15.9 Å². The number of rotatable bonds is 2. The summed E-state index contributed by atoms with van der Waals surface area (Å²) in [6.07, 6.45) is 5.31. The van der Waals surface area contributed by atoms with Crippen molar-refractivity contribution in [1.29, 1.82) is 0 Å². The zero-order valence-electron chi connectivity index (χ0n) is 9.06. The number of hydrogen-bond acceptors (Lipinski definition) is 0. The molecule has 0 aromatic heterocycles. The second-order valence-corrected chi connectivity index (χ2v) is 5.68. The summed E-state index contributed by atoms with van der Waals surface area (Å²) in [6.45, 7) is 0. The summed E-state index contributed by atoms with van der Waals surface area (Å²) >= 11 is 3.64. The van der Waals surface area contributed by atoms with Gasteiger partial charge in [-0.3, -0.25) is 0 Å². The molecule has 0 nitrogen and oxygen atoms in total. The molecule has 0 amide bonds. The zero-order chi connectivity index (χ0) is 11.5. The van der Waals surface area contributed by atoms with Gasteiger partial charge in [-0.1, -0.05) is 28.8 Å². The predicted molar refractivity (Wildman–Crippen MR) is 64.7 cm³/mol. The van der Waals surface area contributed by atoms with Crippen LogP contribution in [0.2, 0.25) is 0 Å². The number of benzene rings is 1. The zero-order valence-corrected chi connectivity index (χ0v) is 10.6. The first-order chi connectivity index (χ1) is 7.66. The molecule has 1 fully saturated rings. The van der Waals surface area contributed by atoms with E-state index < -0.39 is 0 Å².